The molecule has 0 unspecified atom stereocenters. The van der Waals surface area contributed by atoms with Crippen LogP contribution in [0.5, 0.6) is 11.8 Å². The Morgan fingerprint density at radius 1 is 1.13 bits per heavy atom. The zero-order valence-electron chi connectivity index (χ0n) is 25.2. The highest BCUT2D eigenvalue weighted by Crippen LogP contribution is 2.30. The molecule has 46 heavy (non-hydrogen) atoms. The van der Waals surface area contributed by atoms with Gasteiger partial charge in [-0.2, -0.15) is 9.98 Å². The highest BCUT2D eigenvalue weighted by molar-refractivity contribution is 8.14. The van der Waals surface area contributed by atoms with Crippen molar-refractivity contribution < 1.29 is 36.6 Å². The number of halogens is 4. The van der Waals surface area contributed by atoms with E-state index in [2.05, 4.69) is 25.1 Å². The van der Waals surface area contributed by atoms with Gasteiger partial charge in [0.15, 0.2) is 5.17 Å². The summed E-state index contributed by atoms with van der Waals surface area (Å²) in [6.45, 7) is 7.63. The second-order valence-electron chi connectivity index (χ2n) is 10.1. The smallest absolute Gasteiger partial charge is 0.458 e. The van der Waals surface area contributed by atoms with Gasteiger partial charge in [0, 0.05) is 0 Å². The van der Waals surface area contributed by atoms with Gasteiger partial charge >= 0.3 is 18.4 Å². The molecule has 0 saturated carbocycles. The lowest BCUT2D eigenvalue weighted by atomic mass is 9.99. The van der Waals surface area contributed by atoms with Crippen molar-refractivity contribution in [1.82, 2.24) is 14.8 Å². The Bertz CT molecular complexity index is 1710. The summed E-state index contributed by atoms with van der Waals surface area (Å²) < 4.78 is 62.7. The topological polar surface area (TPSA) is 111 Å². The van der Waals surface area contributed by atoms with Crippen LogP contribution in [0.25, 0.3) is 5.69 Å². The number of aromatic nitrogens is 3. The largest absolute Gasteiger partial charge is 0.573 e. The van der Waals surface area contributed by atoms with Crippen molar-refractivity contribution in [3.63, 3.8) is 0 Å². The third-order valence-electron chi connectivity index (χ3n) is 6.30. The molecule has 4 aromatic rings. The molecule has 3 amide bonds. The van der Waals surface area contributed by atoms with E-state index < -0.39 is 18.2 Å². The maximum atomic E-state index is 15.0. The predicted octanol–water partition coefficient (Wildman–Crippen LogP) is 7.62. The van der Waals surface area contributed by atoms with Gasteiger partial charge in [-0.25, -0.2) is 13.9 Å². The second kappa shape index (κ2) is 14.9. The van der Waals surface area contributed by atoms with Crippen molar-refractivity contribution in [2.24, 2.45) is 4.99 Å². The lowest BCUT2D eigenvalue weighted by Gasteiger charge is -2.23. The number of carbonyl (C=O) groups excluding carboxylic acids is 2. The van der Waals surface area contributed by atoms with E-state index in [-0.39, 0.29) is 35.1 Å². The van der Waals surface area contributed by atoms with Crippen molar-refractivity contribution in [1.29, 1.82) is 0 Å². The quantitative estimate of drug-likeness (QED) is 0.0808. The fourth-order valence-corrected chi connectivity index (χ4v) is 4.89. The lowest BCUT2D eigenvalue weighted by molar-refractivity contribution is -0.274. The minimum absolute atomic E-state index is 0.0577. The number of ether oxygens (including phenoxy) is 2. The van der Waals surface area contributed by atoms with Crippen molar-refractivity contribution in [3.8, 4) is 17.4 Å². The number of alkyl halides is 3. The molecule has 1 heterocycles. The number of carbonyl (C=O) groups is 2. The van der Waals surface area contributed by atoms with E-state index in [1.165, 1.54) is 51.9 Å². The predicted molar refractivity (Wildman–Crippen MR) is 167 cm³/mol. The molecular weight excluding hydrogens is 628 g/mol. The Morgan fingerprint density at radius 3 is 2.50 bits per heavy atom. The van der Waals surface area contributed by atoms with Crippen LogP contribution in [0.15, 0.2) is 72.0 Å². The maximum Gasteiger partial charge on any atom is 0.573 e. The first-order chi connectivity index (χ1) is 21.9. The normalized spacial score (nSPS) is 11.8. The average molecular weight is 659 g/mol. The zero-order chi connectivity index (χ0) is 33.4. The van der Waals surface area contributed by atoms with Crippen LogP contribution in [0, 0.1) is 12.7 Å². The summed E-state index contributed by atoms with van der Waals surface area (Å²) in [7, 11) is 0. The molecule has 242 valence electrons. The van der Waals surface area contributed by atoms with E-state index in [1.807, 2.05) is 45.9 Å². The number of nitrogens with one attached hydrogen (secondary N) is 1. The molecule has 0 spiro atoms. The molecule has 15 heteroatoms. The summed E-state index contributed by atoms with van der Waals surface area (Å²) in [5.74, 6) is -0.502. The van der Waals surface area contributed by atoms with Crippen LogP contribution in [-0.2, 0) is 11.4 Å². The Hall–Kier alpha value is -4.92. The molecule has 0 aliphatic carbocycles. The number of hydrogen-bond donors (Lipinski definition) is 1. The Kier molecular flexibility index (Phi) is 11.0. The number of amidine groups is 1. The molecule has 0 aliphatic heterocycles. The average Bonchev–Trinajstić information content (AvgIpc) is 3.46. The van der Waals surface area contributed by atoms with Gasteiger partial charge in [0.2, 0.25) is 6.41 Å². The summed E-state index contributed by atoms with van der Waals surface area (Å²) in [5.41, 5.74) is 3.12. The number of urea groups is 1. The highest BCUT2D eigenvalue weighted by Gasteiger charge is 2.31. The van der Waals surface area contributed by atoms with E-state index in [0.717, 1.165) is 29.3 Å². The van der Waals surface area contributed by atoms with Crippen molar-refractivity contribution in [2.75, 3.05) is 16.0 Å². The van der Waals surface area contributed by atoms with Gasteiger partial charge in [0.1, 0.15) is 24.5 Å². The van der Waals surface area contributed by atoms with Gasteiger partial charge in [-0.15, -0.1) is 18.3 Å². The minimum atomic E-state index is -4.80. The number of thioether (sulfide) groups is 1. The molecule has 10 nitrogen and oxygen atoms in total. The monoisotopic (exact) mass is 658 g/mol. The number of benzene rings is 3. The summed E-state index contributed by atoms with van der Waals surface area (Å²) in [4.78, 5) is 34.5. The van der Waals surface area contributed by atoms with Crippen molar-refractivity contribution >= 4 is 40.7 Å². The number of amides is 3. The van der Waals surface area contributed by atoms with Crippen LogP contribution in [0.3, 0.4) is 0 Å². The van der Waals surface area contributed by atoms with E-state index >= 15 is 0 Å². The number of aliphatic imine (C=N–C) groups is 1. The van der Waals surface area contributed by atoms with Crippen LogP contribution in [0.4, 0.5) is 33.7 Å². The van der Waals surface area contributed by atoms with Crippen LogP contribution >= 0.6 is 11.8 Å². The molecule has 0 saturated heterocycles. The van der Waals surface area contributed by atoms with Gasteiger partial charge in [-0.1, -0.05) is 50.7 Å². The Morgan fingerprint density at radius 2 is 1.87 bits per heavy atom. The summed E-state index contributed by atoms with van der Waals surface area (Å²) in [6, 6.07) is 13.8. The first kappa shape index (κ1) is 34.0. The fourth-order valence-electron chi connectivity index (χ4n) is 4.21. The summed E-state index contributed by atoms with van der Waals surface area (Å²) in [5, 5.41) is 6.67. The number of hydrogen-bond acceptors (Lipinski definition) is 7. The van der Waals surface area contributed by atoms with Crippen LogP contribution in [-0.4, -0.2) is 44.5 Å². The third kappa shape index (κ3) is 9.06. The Balaban J connectivity index is 1.41. The van der Waals surface area contributed by atoms with Crippen LogP contribution < -0.4 is 19.7 Å². The second-order valence-corrected chi connectivity index (χ2v) is 11.3. The van der Waals surface area contributed by atoms with Crippen LogP contribution in [0.2, 0.25) is 0 Å². The lowest BCUT2D eigenvalue weighted by Crippen LogP contribution is -2.30. The van der Waals surface area contributed by atoms with E-state index in [0.29, 0.717) is 29.1 Å². The molecule has 0 fully saturated rings. The summed E-state index contributed by atoms with van der Waals surface area (Å²) >= 11 is 1.20. The van der Waals surface area contributed by atoms with Crippen molar-refractivity contribution in [2.45, 2.75) is 46.6 Å². The first-order valence-corrected chi connectivity index (χ1v) is 14.9. The number of anilines is 2. The van der Waals surface area contributed by atoms with E-state index in [9.17, 15) is 27.2 Å². The first-order valence-electron chi connectivity index (χ1n) is 13.9. The van der Waals surface area contributed by atoms with Gasteiger partial charge in [-0.05, 0) is 77.7 Å². The van der Waals surface area contributed by atoms with E-state index in [4.69, 9.17) is 4.74 Å². The molecule has 0 atom stereocenters. The minimum Gasteiger partial charge on any atom is -0.458 e. The maximum absolute atomic E-state index is 15.0. The number of nitrogens with zero attached hydrogens (tertiary/aromatic N) is 5. The van der Waals surface area contributed by atoms with Gasteiger partial charge in [0.25, 0.3) is 0 Å². The standard InChI is InChI=1S/C31H30F4N6O4S/c1-5-46-30(40(18-42)27-14-20(4)6-12-24(27)19(2)3)38-28(43)37-26-13-7-21(15-25(26)32)16-44-29-36-17-41(39-29)22-8-10-23(11-9-22)45-31(33,34)35/h6-15,17-19H,5,16H2,1-4H3,(H,37,43)/b38-30-. The molecule has 0 bridgehead atoms. The van der Waals surface area contributed by atoms with Gasteiger partial charge in [-0.3, -0.25) is 9.69 Å². The van der Waals surface area contributed by atoms with Crippen molar-refractivity contribution in [3.05, 3.63) is 89.5 Å². The molecule has 1 aromatic heterocycles. The molecule has 0 aliphatic rings. The number of rotatable bonds is 10. The highest BCUT2D eigenvalue weighted by atomic mass is 32.2. The fraction of sp³-hybridized carbons (Fsp3) is 0.258. The van der Waals surface area contributed by atoms with Gasteiger partial charge in [0.05, 0.1) is 17.1 Å². The van der Waals surface area contributed by atoms with E-state index in [1.54, 1.807) is 0 Å². The molecule has 1 N–H and O–H groups in total. The molecule has 4 rings (SSSR count). The number of aryl methyl sites for hydroxylation is 1. The zero-order valence-corrected chi connectivity index (χ0v) is 26.0. The molecule has 3 aromatic carbocycles. The third-order valence-corrected chi connectivity index (χ3v) is 7.13. The van der Waals surface area contributed by atoms with Gasteiger partial charge < -0.3 is 14.8 Å². The SMILES string of the molecule is CCS/C(=N\C(=O)Nc1ccc(COc2ncn(-c3ccc(OC(F)(F)F)cc3)n2)cc1F)N(C=O)c1cc(C)ccc1C(C)C. The molecule has 0 radical (unpaired) electrons. The van der Waals surface area contributed by atoms with Crippen LogP contribution in [0.1, 0.15) is 43.4 Å². The summed E-state index contributed by atoms with van der Waals surface area (Å²) in [6.07, 6.45) is -2.90. The Labute approximate surface area is 266 Å². The molecular formula is C31H30F4N6O4S.